The zero-order chi connectivity index (χ0) is 19.0. The number of fused-ring (bicyclic) bond motifs is 1. The highest BCUT2D eigenvalue weighted by Gasteiger charge is 2.36. The number of anilines is 1. The summed E-state index contributed by atoms with van der Waals surface area (Å²) in [6, 6.07) is 18.3. The van der Waals surface area contributed by atoms with Crippen LogP contribution in [0.5, 0.6) is 5.75 Å². The first-order valence-corrected chi connectivity index (χ1v) is 8.53. The van der Waals surface area contributed by atoms with Crippen molar-refractivity contribution in [1.82, 2.24) is 0 Å². The third-order valence-electron chi connectivity index (χ3n) is 4.26. The summed E-state index contributed by atoms with van der Waals surface area (Å²) in [5, 5.41) is 10.1. The Labute approximate surface area is 160 Å². The van der Waals surface area contributed by atoms with E-state index in [0.717, 1.165) is 4.90 Å². The normalized spacial score (nSPS) is 13.4. The summed E-state index contributed by atoms with van der Waals surface area (Å²) >= 11 is 6.30. The molecule has 6 heteroatoms. The van der Waals surface area contributed by atoms with E-state index in [0.29, 0.717) is 28.1 Å². The molecule has 5 nitrogen and oxygen atoms in total. The van der Waals surface area contributed by atoms with Gasteiger partial charge in [0.05, 0.1) is 27.5 Å². The molecule has 0 fully saturated rings. The van der Waals surface area contributed by atoms with Gasteiger partial charge in [-0.05, 0) is 42.5 Å². The van der Waals surface area contributed by atoms with E-state index in [1.165, 1.54) is 12.3 Å². The highest BCUT2D eigenvalue weighted by atomic mass is 35.5. The van der Waals surface area contributed by atoms with Crippen LogP contribution in [0.1, 0.15) is 26.3 Å². The van der Waals surface area contributed by atoms with Crippen LogP contribution in [-0.2, 0) is 0 Å². The molecule has 0 aromatic heterocycles. The van der Waals surface area contributed by atoms with E-state index in [1.54, 1.807) is 60.7 Å². The van der Waals surface area contributed by atoms with Crippen LogP contribution in [-0.4, -0.2) is 23.1 Å². The number of nitrogens with zero attached hydrogens (tertiary/aromatic N) is 2. The fourth-order valence-electron chi connectivity index (χ4n) is 2.90. The molecule has 3 aromatic carbocycles. The Kier molecular flexibility index (Phi) is 4.22. The number of carbonyl (C=O) groups excluding carboxylic acids is 2. The van der Waals surface area contributed by atoms with Gasteiger partial charge in [0.2, 0.25) is 0 Å². The average molecular weight is 377 g/mol. The predicted octanol–water partition coefficient (Wildman–Crippen LogP) is 4.60. The van der Waals surface area contributed by atoms with Gasteiger partial charge in [-0.3, -0.25) is 14.6 Å². The van der Waals surface area contributed by atoms with Crippen LogP contribution in [0, 0.1) is 0 Å². The lowest BCUT2D eigenvalue weighted by Gasteiger charge is -2.14. The molecule has 0 atom stereocenters. The van der Waals surface area contributed by atoms with E-state index in [4.69, 9.17) is 11.6 Å². The maximum absolute atomic E-state index is 12.6. The molecular weight excluding hydrogens is 364 g/mol. The Morgan fingerprint density at radius 2 is 1.52 bits per heavy atom. The van der Waals surface area contributed by atoms with Crippen molar-refractivity contribution in [1.29, 1.82) is 0 Å². The number of amides is 2. The minimum absolute atomic E-state index is 0.111. The monoisotopic (exact) mass is 376 g/mol. The summed E-state index contributed by atoms with van der Waals surface area (Å²) in [5.41, 5.74) is 2.14. The third kappa shape index (κ3) is 2.98. The highest BCUT2D eigenvalue weighted by Crippen LogP contribution is 2.34. The quantitative estimate of drug-likeness (QED) is 0.536. The van der Waals surface area contributed by atoms with E-state index >= 15 is 0 Å². The standard InChI is InChI=1S/C21H13ClN2O3/c22-17-11-14(24-20(26)15-6-2-3-7-16(15)21(24)27)9-10-18(17)23-12-13-5-1-4-8-19(13)25/h1-12,25H. The predicted molar refractivity (Wildman–Crippen MR) is 104 cm³/mol. The van der Waals surface area contributed by atoms with Crippen LogP contribution in [0.15, 0.2) is 71.7 Å². The average Bonchev–Trinajstić information content (AvgIpc) is 2.93. The van der Waals surface area contributed by atoms with E-state index in [9.17, 15) is 14.7 Å². The molecule has 0 bridgehead atoms. The molecule has 0 radical (unpaired) electrons. The Hall–Kier alpha value is -3.44. The molecule has 0 aliphatic carbocycles. The maximum Gasteiger partial charge on any atom is 0.266 e. The van der Waals surface area contributed by atoms with Crippen LogP contribution < -0.4 is 4.90 Å². The van der Waals surface area contributed by atoms with Crippen molar-refractivity contribution < 1.29 is 14.7 Å². The van der Waals surface area contributed by atoms with Gasteiger partial charge in [0.15, 0.2) is 0 Å². The second-order valence-electron chi connectivity index (χ2n) is 5.94. The SMILES string of the molecule is O=C1c2ccccc2C(=O)N1c1ccc(N=Cc2ccccc2O)c(Cl)c1. The van der Waals surface area contributed by atoms with Crippen molar-refractivity contribution in [2.24, 2.45) is 4.99 Å². The first-order valence-electron chi connectivity index (χ1n) is 8.15. The van der Waals surface area contributed by atoms with Gasteiger partial charge in [-0.15, -0.1) is 0 Å². The smallest absolute Gasteiger partial charge is 0.266 e. The minimum Gasteiger partial charge on any atom is -0.507 e. The van der Waals surface area contributed by atoms with Crippen molar-refractivity contribution in [3.05, 3.63) is 88.4 Å². The van der Waals surface area contributed by atoms with Gasteiger partial charge in [0.1, 0.15) is 5.75 Å². The van der Waals surface area contributed by atoms with Crippen molar-refractivity contribution in [2.45, 2.75) is 0 Å². The number of hydrogen-bond acceptors (Lipinski definition) is 4. The molecule has 0 saturated heterocycles. The van der Waals surface area contributed by atoms with E-state index in [1.807, 2.05) is 0 Å². The fraction of sp³-hybridized carbons (Fsp3) is 0. The Bertz CT molecular complexity index is 1070. The zero-order valence-corrected chi connectivity index (χ0v) is 14.7. The van der Waals surface area contributed by atoms with Crippen LogP contribution >= 0.6 is 11.6 Å². The molecule has 1 N–H and O–H groups in total. The number of phenols is 1. The second kappa shape index (κ2) is 6.70. The lowest BCUT2D eigenvalue weighted by Crippen LogP contribution is -2.29. The first kappa shape index (κ1) is 17.0. The first-order chi connectivity index (χ1) is 13.1. The number of para-hydroxylation sites is 1. The van der Waals surface area contributed by atoms with Gasteiger partial charge in [0.25, 0.3) is 11.8 Å². The van der Waals surface area contributed by atoms with Gasteiger partial charge >= 0.3 is 0 Å². The summed E-state index contributed by atoms with van der Waals surface area (Å²) < 4.78 is 0. The number of phenolic OH excluding ortho intramolecular Hbond substituents is 1. The number of aliphatic imine (C=N–C) groups is 1. The van der Waals surface area contributed by atoms with Gasteiger partial charge in [-0.1, -0.05) is 35.9 Å². The lowest BCUT2D eigenvalue weighted by molar-refractivity contribution is 0.0926. The number of imide groups is 1. The Morgan fingerprint density at radius 3 is 2.15 bits per heavy atom. The second-order valence-corrected chi connectivity index (χ2v) is 6.35. The van der Waals surface area contributed by atoms with Crippen molar-refractivity contribution in [3.8, 4) is 5.75 Å². The summed E-state index contributed by atoms with van der Waals surface area (Å²) in [6.45, 7) is 0. The molecule has 0 saturated carbocycles. The molecule has 1 aliphatic rings. The molecule has 1 heterocycles. The number of aromatic hydroxyl groups is 1. The molecule has 2 amide bonds. The summed E-state index contributed by atoms with van der Waals surface area (Å²) in [5.74, 6) is -0.644. The topological polar surface area (TPSA) is 70.0 Å². The molecule has 132 valence electrons. The van der Waals surface area contributed by atoms with Gasteiger partial charge in [-0.25, -0.2) is 4.90 Å². The molecule has 4 rings (SSSR count). The van der Waals surface area contributed by atoms with Crippen LogP contribution in [0.25, 0.3) is 0 Å². The Balaban J connectivity index is 1.64. The molecule has 0 spiro atoms. The molecule has 3 aromatic rings. The molecule has 0 unspecified atom stereocenters. The summed E-state index contributed by atoms with van der Waals surface area (Å²) in [7, 11) is 0. The van der Waals surface area contributed by atoms with E-state index in [-0.39, 0.29) is 22.6 Å². The van der Waals surface area contributed by atoms with Crippen LogP contribution in [0.4, 0.5) is 11.4 Å². The molecular formula is C21H13ClN2O3. The number of halogens is 1. The van der Waals surface area contributed by atoms with Crippen molar-refractivity contribution in [2.75, 3.05) is 4.90 Å². The Morgan fingerprint density at radius 1 is 0.889 bits per heavy atom. The maximum atomic E-state index is 12.6. The van der Waals surface area contributed by atoms with Gasteiger partial charge in [0, 0.05) is 11.8 Å². The third-order valence-corrected chi connectivity index (χ3v) is 4.57. The number of hydrogen-bond donors (Lipinski definition) is 1. The number of rotatable bonds is 3. The highest BCUT2D eigenvalue weighted by molar-refractivity contribution is 6.36. The van der Waals surface area contributed by atoms with Crippen LogP contribution in [0.3, 0.4) is 0 Å². The summed E-state index contributed by atoms with van der Waals surface area (Å²) in [6.07, 6.45) is 1.50. The van der Waals surface area contributed by atoms with E-state index in [2.05, 4.69) is 4.99 Å². The van der Waals surface area contributed by atoms with Gasteiger partial charge < -0.3 is 5.11 Å². The van der Waals surface area contributed by atoms with E-state index < -0.39 is 0 Å². The molecule has 27 heavy (non-hydrogen) atoms. The number of carbonyl (C=O) groups is 2. The minimum atomic E-state index is -0.378. The van der Waals surface area contributed by atoms with Crippen molar-refractivity contribution >= 4 is 41.0 Å². The van der Waals surface area contributed by atoms with Crippen LogP contribution in [0.2, 0.25) is 5.02 Å². The fourth-order valence-corrected chi connectivity index (χ4v) is 3.12. The lowest BCUT2D eigenvalue weighted by atomic mass is 10.1. The number of benzene rings is 3. The van der Waals surface area contributed by atoms with Gasteiger partial charge in [-0.2, -0.15) is 0 Å². The largest absolute Gasteiger partial charge is 0.507 e. The summed E-state index contributed by atoms with van der Waals surface area (Å²) in [4.78, 5) is 30.5. The molecule has 1 aliphatic heterocycles. The van der Waals surface area contributed by atoms with Crippen molar-refractivity contribution in [3.63, 3.8) is 0 Å². The zero-order valence-electron chi connectivity index (χ0n) is 14.0.